The Morgan fingerprint density at radius 1 is 1.25 bits per heavy atom. The molecule has 2 heterocycles. The van der Waals surface area contributed by atoms with Crippen LogP contribution >= 0.6 is 0 Å². The van der Waals surface area contributed by atoms with Crippen molar-refractivity contribution in [3.63, 3.8) is 0 Å². The summed E-state index contributed by atoms with van der Waals surface area (Å²) < 4.78 is 22.2. The molecule has 4 aromatic rings. The quantitative estimate of drug-likeness (QED) is 0.325. The Kier molecular flexibility index (Phi) is 6.88. The molecule has 2 aromatic carbocycles. The number of carbonyl (C=O) groups excluding carboxylic acids is 1. The minimum absolute atomic E-state index is 0.191. The lowest BCUT2D eigenvalue weighted by Gasteiger charge is -2.30. The first-order chi connectivity index (χ1) is 17.4. The molecule has 1 aliphatic rings. The zero-order chi connectivity index (χ0) is 25.2. The Balaban J connectivity index is 1.46. The van der Waals surface area contributed by atoms with Crippen LogP contribution in [0.2, 0.25) is 0 Å². The molecular formula is C26H30N6O3S. The molecular weight excluding hydrogens is 476 g/mol. The van der Waals surface area contributed by atoms with Crippen molar-refractivity contribution >= 4 is 39.5 Å². The predicted octanol–water partition coefficient (Wildman–Crippen LogP) is 4.97. The summed E-state index contributed by atoms with van der Waals surface area (Å²) in [4.78, 5) is 16.7. The number of fused-ring (bicyclic) bond motifs is 1. The molecule has 2 aromatic heterocycles. The van der Waals surface area contributed by atoms with E-state index in [9.17, 15) is 9.35 Å². The first-order valence-electron chi connectivity index (χ1n) is 12.1. The first kappa shape index (κ1) is 24.2. The molecule has 10 heteroatoms. The van der Waals surface area contributed by atoms with Gasteiger partial charge in [-0.15, -0.1) is 0 Å². The van der Waals surface area contributed by atoms with Gasteiger partial charge in [0, 0.05) is 28.7 Å². The molecule has 0 radical (unpaired) electrons. The molecule has 1 amide bonds. The Morgan fingerprint density at radius 2 is 2.03 bits per heavy atom. The Hall–Kier alpha value is -3.50. The zero-order valence-electron chi connectivity index (χ0n) is 20.4. The van der Waals surface area contributed by atoms with Crippen molar-refractivity contribution in [3.8, 4) is 11.3 Å². The third kappa shape index (κ3) is 4.91. The number of aromatic nitrogens is 4. The summed E-state index contributed by atoms with van der Waals surface area (Å²) in [5.74, 6) is 0.453. The van der Waals surface area contributed by atoms with Gasteiger partial charge >= 0.3 is 6.09 Å². The molecule has 1 atom stereocenters. The molecule has 0 aliphatic heterocycles. The number of nitrogens with two attached hydrogens (primary N) is 1. The molecule has 1 unspecified atom stereocenters. The van der Waals surface area contributed by atoms with E-state index in [0.29, 0.717) is 29.7 Å². The number of amides is 1. The van der Waals surface area contributed by atoms with Crippen LogP contribution in [0.25, 0.3) is 22.2 Å². The largest absolute Gasteiger partial charge is 0.611 e. The van der Waals surface area contributed by atoms with Crippen LogP contribution in [-0.2, 0) is 22.5 Å². The van der Waals surface area contributed by atoms with Gasteiger partial charge in [0.2, 0.25) is 0 Å². The summed E-state index contributed by atoms with van der Waals surface area (Å²) in [6.45, 7) is 4.15. The number of ether oxygens (including phenoxy) is 1. The third-order valence-electron chi connectivity index (χ3n) is 6.44. The van der Waals surface area contributed by atoms with Gasteiger partial charge in [0.1, 0.15) is 18.4 Å². The van der Waals surface area contributed by atoms with Crippen molar-refractivity contribution in [2.75, 3.05) is 16.8 Å². The average molecular weight is 507 g/mol. The normalized spacial score (nSPS) is 14.7. The lowest BCUT2D eigenvalue weighted by molar-refractivity contribution is 0.130. The zero-order valence-corrected chi connectivity index (χ0v) is 21.2. The predicted molar refractivity (Wildman–Crippen MR) is 141 cm³/mol. The summed E-state index contributed by atoms with van der Waals surface area (Å²) in [6.07, 6.45) is 5.77. The van der Waals surface area contributed by atoms with Crippen molar-refractivity contribution < 1.29 is 14.1 Å². The molecule has 1 saturated carbocycles. The number of rotatable bonds is 8. The smallest absolute Gasteiger partial charge is 0.411 e. The maximum absolute atomic E-state index is 13.1. The number of benzene rings is 2. The minimum Gasteiger partial charge on any atom is -0.611 e. The van der Waals surface area contributed by atoms with E-state index in [1.165, 1.54) is 12.7 Å². The van der Waals surface area contributed by atoms with Crippen molar-refractivity contribution in [3.05, 3.63) is 55.1 Å². The molecule has 0 bridgehead atoms. The van der Waals surface area contributed by atoms with Gasteiger partial charge in [-0.3, -0.25) is 5.32 Å². The number of hydrogen-bond acceptors (Lipinski definition) is 6. The average Bonchev–Trinajstić information content (AvgIpc) is 3.43. The topological polar surface area (TPSA) is 123 Å². The molecule has 0 spiro atoms. The lowest BCUT2D eigenvalue weighted by Crippen LogP contribution is -2.18. The van der Waals surface area contributed by atoms with Gasteiger partial charge in [0.05, 0.1) is 29.5 Å². The maximum atomic E-state index is 13.1. The summed E-state index contributed by atoms with van der Waals surface area (Å²) in [7, 11) is 0. The van der Waals surface area contributed by atoms with Crippen LogP contribution in [0.15, 0.2) is 60.0 Å². The van der Waals surface area contributed by atoms with Crippen molar-refractivity contribution in [1.82, 2.24) is 19.3 Å². The van der Waals surface area contributed by atoms with Gasteiger partial charge in [-0.2, -0.15) is 5.10 Å². The Bertz CT molecular complexity index is 1350. The highest BCUT2D eigenvalue weighted by molar-refractivity contribution is 7.91. The number of aryl methyl sites for hydroxylation is 1. The van der Waals surface area contributed by atoms with Crippen LogP contribution < -0.4 is 11.1 Å². The summed E-state index contributed by atoms with van der Waals surface area (Å²) in [5, 5.41) is 7.80. The van der Waals surface area contributed by atoms with Gasteiger partial charge in [-0.05, 0) is 68.6 Å². The lowest BCUT2D eigenvalue weighted by atomic mass is 9.92. The van der Waals surface area contributed by atoms with Crippen LogP contribution in [0.5, 0.6) is 0 Å². The fourth-order valence-corrected chi connectivity index (χ4v) is 5.54. The highest BCUT2D eigenvalue weighted by Gasteiger charge is 2.28. The van der Waals surface area contributed by atoms with E-state index in [1.807, 2.05) is 56.3 Å². The first-order valence-corrected chi connectivity index (χ1v) is 13.4. The number of nitrogens with one attached hydrogen (secondary N) is 1. The van der Waals surface area contributed by atoms with E-state index in [-0.39, 0.29) is 6.10 Å². The van der Waals surface area contributed by atoms with Crippen LogP contribution in [0.4, 0.5) is 16.2 Å². The third-order valence-corrected chi connectivity index (χ3v) is 7.77. The molecule has 1 aliphatic carbocycles. The number of anilines is 2. The van der Waals surface area contributed by atoms with E-state index < -0.39 is 17.3 Å². The second kappa shape index (κ2) is 10.2. The fourth-order valence-electron chi connectivity index (χ4n) is 4.49. The summed E-state index contributed by atoms with van der Waals surface area (Å²) in [6, 6.07) is 13.9. The van der Waals surface area contributed by atoms with E-state index in [0.717, 1.165) is 39.9 Å². The Morgan fingerprint density at radius 3 is 2.67 bits per heavy atom. The molecule has 36 heavy (non-hydrogen) atoms. The van der Waals surface area contributed by atoms with Gasteiger partial charge < -0.3 is 19.6 Å². The van der Waals surface area contributed by atoms with E-state index in [1.54, 1.807) is 11.0 Å². The van der Waals surface area contributed by atoms with Gasteiger partial charge in [-0.1, -0.05) is 12.1 Å². The van der Waals surface area contributed by atoms with Crippen LogP contribution in [0.1, 0.15) is 39.2 Å². The summed E-state index contributed by atoms with van der Waals surface area (Å²) in [5.41, 5.74) is 11.0. The van der Waals surface area contributed by atoms with Crippen LogP contribution in [0, 0.1) is 0 Å². The highest BCUT2D eigenvalue weighted by Crippen LogP contribution is 2.44. The van der Waals surface area contributed by atoms with Crippen molar-refractivity contribution in [2.45, 2.75) is 56.7 Å². The molecule has 188 valence electrons. The van der Waals surface area contributed by atoms with E-state index in [2.05, 4.69) is 20.0 Å². The summed E-state index contributed by atoms with van der Waals surface area (Å²) >= 11 is -1.18. The van der Waals surface area contributed by atoms with Gasteiger partial charge in [-0.25, -0.2) is 14.5 Å². The molecule has 1 fully saturated rings. The number of hydrogen-bond donors (Lipinski definition) is 2. The van der Waals surface area contributed by atoms with Gasteiger partial charge in [0.25, 0.3) is 0 Å². The monoisotopic (exact) mass is 506 g/mol. The standard InChI is InChI=1S/C26H30N6O3S/c1-17(2)35-26(33)30-19-8-6-18(7-9-19)25-24(27)22-11-10-21(14-23(22)32(25)20-4-3-5-20)36(34)13-12-31-16-28-15-29-31/h6-11,14-17,20H,3-5,12-13,27H2,1-2H3,(H,30,33). The second-order valence-electron chi connectivity index (χ2n) is 9.26. The minimum atomic E-state index is -1.18. The van der Waals surface area contributed by atoms with E-state index in [4.69, 9.17) is 10.5 Å². The number of nitrogens with zero attached hydrogens (tertiary/aromatic N) is 4. The highest BCUT2D eigenvalue weighted by atomic mass is 32.2. The van der Waals surface area contributed by atoms with Crippen molar-refractivity contribution in [1.29, 1.82) is 0 Å². The SMILES string of the molecule is CC(C)OC(=O)Nc1ccc(-c2c(N)c3ccc([S+]([O-])CCn4cncn4)cc3n2C2CCC2)cc1. The molecule has 0 saturated heterocycles. The van der Waals surface area contributed by atoms with Crippen molar-refractivity contribution in [2.24, 2.45) is 0 Å². The van der Waals surface area contributed by atoms with E-state index >= 15 is 0 Å². The molecule has 5 rings (SSSR count). The van der Waals surface area contributed by atoms with Gasteiger partial charge in [0.15, 0.2) is 4.90 Å². The molecule has 9 nitrogen and oxygen atoms in total. The van der Waals surface area contributed by atoms with Crippen LogP contribution in [0.3, 0.4) is 0 Å². The molecule has 3 N–H and O–H groups in total. The Labute approximate surface area is 212 Å². The second-order valence-corrected chi connectivity index (χ2v) is 10.8. The number of nitrogen functional groups attached to an aromatic ring is 1. The number of carbonyl (C=O) groups is 1. The maximum Gasteiger partial charge on any atom is 0.411 e. The van der Waals surface area contributed by atoms with Crippen LogP contribution in [-0.4, -0.2) is 41.8 Å². The fraction of sp³-hybridized carbons (Fsp3) is 0.346.